The molecule has 0 saturated carbocycles. The van der Waals surface area contributed by atoms with Gasteiger partial charge in [-0.2, -0.15) is 13.2 Å². The Bertz CT molecular complexity index is 449. The zero-order chi connectivity index (χ0) is 14.1. The molecule has 0 N–H and O–H groups in total. The maximum absolute atomic E-state index is 11.9. The van der Waals surface area contributed by atoms with Crippen molar-refractivity contribution in [3.05, 3.63) is 29.8 Å². The molecule has 0 saturated heterocycles. The molecule has 0 aliphatic heterocycles. The van der Waals surface area contributed by atoms with E-state index in [1.54, 1.807) is 24.3 Å². The minimum atomic E-state index is -4.36. The molecule has 1 aromatic carbocycles. The number of hydrogen-bond acceptors (Lipinski definition) is 2. The number of hydrogen-bond donors (Lipinski definition) is 0. The molecule has 0 amide bonds. The zero-order valence-corrected chi connectivity index (χ0v) is 10.7. The molecule has 0 heterocycles. The largest absolute Gasteiger partial charge is 0.466 e. The molecular weight excluding hydrogens is 281 g/mol. The Labute approximate surface area is 114 Å². The van der Waals surface area contributed by atoms with Crippen molar-refractivity contribution >= 4 is 11.6 Å². The van der Waals surface area contributed by atoms with Gasteiger partial charge in [0.2, 0.25) is 0 Å². The highest BCUT2D eigenvalue weighted by molar-refractivity contribution is 6.18. The van der Waals surface area contributed by atoms with Crippen LogP contribution in [0.15, 0.2) is 24.3 Å². The van der Waals surface area contributed by atoms with Crippen LogP contribution in [0, 0.1) is 11.8 Å². The Morgan fingerprint density at radius 1 is 1.21 bits per heavy atom. The molecule has 0 fully saturated rings. The fraction of sp³-hybridized carbons (Fsp3) is 0.385. The van der Waals surface area contributed by atoms with E-state index in [-0.39, 0.29) is 0 Å². The summed E-state index contributed by atoms with van der Waals surface area (Å²) in [5.41, 5.74) is 0.586. The standard InChI is InChI=1S/C13H12ClF3O2/c14-8-4-3-6-11-5-1-2-7-12(11)19-10-18-9-13(15,16)17/h1-2,5,7H,4,8-10H2. The molecule has 104 valence electrons. The number of halogens is 4. The average molecular weight is 293 g/mol. The van der Waals surface area contributed by atoms with Crippen molar-refractivity contribution in [1.29, 1.82) is 0 Å². The smallest absolute Gasteiger partial charge is 0.411 e. The number of para-hydroxylation sites is 1. The lowest BCUT2D eigenvalue weighted by Gasteiger charge is -2.10. The van der Waals surface area contributed by atoms with E-state index in [1.807, 2.05) is 0 Å². The summed E-state index contributed by atoms with van der Waals surface area (Å²) in [6.07, 6.45) is -3.83. The van der Waals surface area contributed by atoms with Crippen LogP contribution in [0.5, 0.6) is 5.75 Å². The third-order valence-electron chi connectivity index (χ3n) is 1.89. The van der Waals surface area contributed by atoms with Crippen LogP contribution in [0.4, 0.5) is 13.2 Å². The second-order valence-corrected chi connectivity index (χ2v) is 3.84. The summed E-state index contributed by atoms with van der Waals surface area (Å²) >= 11 is 5.49. The van der Waals surface area contributed by atoms with E-state index in [2.05, 4.69) is 16.6 Å². The molecule has 2 nitrogen and oxygen atoms in total. The molecule has 1 rings (SSSR count). The van der Waals surface area contributed by atoms with Crippen molar-refractivity contribution in [3.8, 4) is 17.6 Å². The van der Waals surface area contributed by atoms with Crippen LogP contribution in [0.1, 0.15) is 12.0 Å². The molecule has 0 bridgehead atoms. The van der Waals surface area contributed by atoms with E-state index in [0.29, 0.717) is 23.6 Å². The fourth-order valence-corrected chi connectivity index (χ4v) is 1.26. The quantitative estimate of drug-likeness (QED) is 0.357. The van der Waals surface area contributed by atoms with Gasteiger partial charge >= 0.3 is 6.18 Å². The summed E-state index contributed by atoms with van der Waals surface area (Å²) in [5.74, 6) is 6.46. The predicted molar refractivity (Wildman–Crippen MR) is 66.2 cm³/mol. The summed E-state index contributed by atoms with van der Waals surface area (Å²) in [4.78, 5) is 0. The Morgan fingerprint density at radius 3 is 2.63 bits per heavy atom. The van der Waals surface area contributed by atoms with E-state index in [0.717, 1.165) is 0 Å². The minimum absolute atomic E-state index is 0.381. The van der Waals surface area contributed by atoms with Crippen molar-refractivity contribution in [2.45, 2.75) is 12.6 Å². The summed E-state index contributed by atoms with van der Waals surface area (Å²) in [6, 6.07) is 6.78. The van der Waals surface area contributed by atoms with E-state index < -0.39 is 19.6 Å². The van der Waals surface area contributed by atoms with Crippen molar-refractivity contribution in [2.24, 2.45) is 0 Å². The van der Waals surface area contributed by atoms with Crippen LogP contribution in [0.25, 0.3) is 0 Å². The summed E-state index contributed by atoms with van der Waals surface area (Å²) in [6.45, 7) is -1.82. The number of ether oxygens (including phenoxy) is 2. The first kappa shape index (κ1) is 15.7. The summed E-state index contributed by atoms with van der Waals surface area (Å²) < 4.78 is 45.0. The molecule has 0 unspecified atom stereocenters. The Balaban J connectivity index is 2.52. The summed E-state index contributed by atoms with van der Waals surface area (Å²) in [5, 5.41) is 0. The van der Waals surface area contributed by atoms with Gasteiger partial charge in [0.05, 0.1) is 5.56 Å². The van der Waals surface area contributed by atoms with Gasteiger partial charge in [0, 0.05) is 12.3 Å². The number of rotatable bonds is 5. The molecule has 0 atom stereocenters. The van der Waals surface area contributed by atoms with Crippen LogP contribution in [-0.2, 0) is 4.74 Å². The second-order valence-electron chi connectivity index (χ2n) is 3.46. The van der Waals surface area contributed by atoms with Crippen LogP contribution in [0.2, 0.25) is 0 Å². The number of alkyl halides is 4. The predicted octanol–water partition coefficient (Wildman–Crippen LogP) is 3.58. The average Bonchev–Trinajstić information content (AvgIpc) is 2.35. The first-order chi connectivity index (χ1) is 9.03. The van der Waals surface area contributed by atoms with Gasteiger partial charge in [0.25, 0.3) is 0 Å². The lowest BCUT2D eigenvalue weighted by atomic mass is 10.2. The van der Waals surface area contributed by atoms with Crippen molar-refractivity contribution in [2.75, 3.05) is 19.3 Å². The van der Waals surface area contributed by atoms with Gasteiger partial charge in [-0.05, 0) is 12.1 Å². The highest BCUT2D eigenvalue weighted by Gasteiger charge is 2.27. The summed E-state index contributed by atoms with van der Waals surface area (Å²) in [7, 11) is 0. The molecule has 19 heavy (non-hydrogen) atoms. The highest BCUT2D eigenvalue weighted by atomic mass is 35.5. The topological polar surface area (TPSA) is 18.5 Å². The second kappa shape index (κ2) is 7.93. The molecule has 6 heteroatoms. The van der Waals surface area contributed by atoms with E-state index in [9.17, 15) is 13.2 Å². The highest BCUT2D eigenvalue weighted by Crippen LogP contribution is 2.18. The van der Waals surface area contributed by atoms with Gasteiger partial charge < -0.3 is 9.47 Å². The molecule has 0 aliphatic carbocycles. The Morgan fingerprint density at radius 2 is 1.95 bits per heavy atom. The van der Waals surface area contributed by atoms with Gasteiger partial charge in [-0.3, -0.25) is 0 Å². The van der Waals surface area contributed by atoms with Gasteiger partial charge in [-0.1, -0.05) is 24.0 Å². The lowest BCUT2D eigenvalue weighted by molar-refractivity contribution is -0.186. The molecule has 0 radical (unpaired) electrons. The van der Waals surface area contributed by atoms with Crippen LogP contribution >= 0.6 is 11.6 Å². The van der Waals surface area contributed by atoms with E-state index in [1.165, 1.54) is 0 Å². The third-order valence-corrected chi connectivity index (χ3v) is 2.08. The normalized spacial score (nSPS) is 10.7. The first-order valence-corrected chi connectivity index (χ1v) is 5.97. The van der Waals surface area contributed by atoms with E-state index >= 15 is 0 Å². The van der Waals surface area contributed by atoms with Crippen LogP contribution < -0.4 is 4.74 Å². The lowest BCUT2D eigenvalue weighted by Crippen LogP contribution is -2.19. The van der Waals surface area contributed by atoms with Gasteiger partial charge in [0.15, 0.2) is 6.79 Å². The van der Waals surface area contributed by atoms with Gasteiger partial charge in [-0.15, -0.1) is 11.6 Å². The van der Waals surface area contributed by atoms with Gasteiger partial charge in [0.1, 0.15) is 12.4 Å². The molecular formula is C13H12ClF3O2. The maximum Gasteiger partial charge on any atom is 0.411 e. The monoisotopic (exact) mass is 292 g/mol. The van der Waals surface area contributed by atoms with Crippen LogP contribution in [-0.4, -0.2) is 25.5 Å². The van der Waals surface area contributed by atoms with Gasteiger partial charge in [-0.25, -0.2) is 0 Å². The molecule has 0 aliphatic rings. The third kappa shape index (κ3) is 6.94. The van der Waals surface area contributed by atoms with Crippen molar-refractivity contribution in [3.63, 3.8) is 0 Å². The SMILES string of the molecule is FC(F)(F)COCOc1ccccc1C#CCCCl. The Hall–Kier alpha value is -1.38. The number of benzene rings is 1. The van der Waals surface area contributed by atoms with Crippen molar-refractivity contribution in [1.82, 2.24) is 0 Å². The molecule has 0 aromatic heterocycles. The molecule has 0 spiro atoms. The van der Waals surface area contributed by atoms with Crippen molar-refractivity contribution < 1.29 is 22.6 Å². The minimum Gasteiger partial charge on any atom is -0.466 e. The van der Waals surface area contributed by atoms with E-state index in [4.69, 9.17) is 16.3 Å². The molecule has 1 aromatic rings. The first-order valence-electron chi connectivity index (χ1n) is 5.44. The zero-order valence-electron chi connectivity index (χ0n) is 9.97. The maximum atomic E-state index is 11.9. The Kier molecular flexibility index (Phi) is 6.54. The van der Waals surface area contributed by atoms with Crippen LogP contribution in [0.3, 0.4) is 0 Å². The fourth-order valence-electron chi connectivity index (χ4n) is 1.16.